The summed E-state index contributed by atoms with van der Waals surface area (Å²) in [5, 5.41) is 18.6. The zero-order valence-corrected chi connectivity index (χ0v) is 18.1. The fourth-order valence-corrected chi connectivity index (χ4v) is 3.73. The van der Waals surface area contributed by atoms with Gasteiger partial charge < -0.3 is 20.7 Å². The second-order valence-corrected chi connectivity index (χ2v) is 8.29. The Morgan fingerprint density at radius 3 is 2.78 bits per heavy atom. The number of amides is 2. The summed E-state index contributed by atoms with van der Waals surface area (Å²) in [6, 6.07) is 13.7. The average Bonchev–Trinajstić information content (AvgIpc) is 3.56. The van der Waals surface area contributed by atoms with Crippen LogP contribution in [0.25, 0.3) is 0 Å². The van der Waals surface area contributed by atoms with E-state index in [4.69, 9.17) is 16.3 Å². The summed E-state index contributed by atoms with van der Waals surface area (Å²) >= 11 is 6.36. The van der Waals surface area contributed by atoms with Gasteiger partial charge in [-0.25, -0.2) is 0 Å². The summed E-state index contributed by atoms with van der Waals surface area (Å²) in [6.45, 7) is 0.846. The Morgan fingerprint density at radius 2 is 2.03 bits per heavy atom. The van der Waals surface area contributed by atoms with Gasteiger partial charge in [-0.2, -0.15) is 5.26 Å². The van der Waals surface area contributed by atoms with Crippen LogP contribution >= 0.6 is 11.6 Å². The van der Waals surface area contributed by atoms with E-state index in [1.54, 1.807) is 24.3 Å². The molecule has 164 valence electrons. The Kier molecular flexibility index (Phi) is 6.33. The van der Waals surface area contributed by atoms with Crippen LogP contribution in [0.2, 0.25) is 5.02 Å². The molecule has 3 aliphatic rings. The van der Waals surface area contributed by atoms with E-state index in [0.717, 1.165) is 5.56 Å². The smallest absolute Gasteiger partial charge is 0.254 e. The highest BCUT2D eigenvalue weighted by Crippen LogP contribution is 2.34. The summed E-state index contributed by atoms with van der Waals surface area (Å²) in [6.07, 6.45) is 5.20. The lowest BCUT2D eigenvalue weighted by Gasteiger charge is -2.21. The highest BCUT2D eigenvalue weighted by molar-refractivity contribution is 6.32. The highest BCUT2D eigenvalue weighted by atomic mass is 35.5. The topological polar surface area (TPSA) is 103 Å². The van der Waals surface area contributed by atoms with E-state index in [9.17, 15) is 14.9 Å². The van der Waals surface area contributed by atoms with Crippen molar-refractivity contribution >= 4 is 29.1 Å². The number of fused-ring (bicyclic) bond motifs is 9. The molecule has 1 atom stereocenters. The number of nitrogens with zero attached hydrogens (tertiary/aromatic N) is 1. The highest BCUT2D eigenvalue weighted by Gasteiger charge is 2.45. The second kappa shape index (κ2) is 9.33. The third kappa shape index (κ3) is 5.04. The lowest BCUT2D eigenvalue weighted by Crippen LogP contribution is -2.51. The summed E-state index contributed by atoms with van der Waals surface area (Å²) in [5.41, 5.74) is 1.01. The molecular formula is C24H23ClN4O3. The second-order valence-electron chi connectivity index (χ2n) is 7.89. The van der Waals surface area contributed by atoms with Crippen LogP contribution in [-0.2, 0) is 11.2 Å². The van der Waals surface area contributed by atoms with Crippen LogP contribution in [0.3, 0.4) is 0 Å². The van der Waals surface area contributed by atoms with Crippen LogP contribution in [0, 0.1) is 11.3 Å². The van der Waals surface area contributed by atoms with Crippen molar-refractivity contribution in [2.75, 3.05) is 18.5 Å². The first-order chi connectivity index (χ1) is 15.5. The van der Waals surface area contributed by atoms with Gasteiger partial charge in [-0.1, -0.05) is 35.9 Å². The number of benzene rings is 2. The average molecular weight is 451 g/mol. The first-order valence-corrected chi connectivity index (χ1v) is 10.8. The number of anilines is 1. The fourth-order valence-electron chi connectivity index (χ4n) is 3.48. The van der Waals surface area contributed by atoms with Crippen LogP contribution in [0.1, 0.15) is 28.8 Å². The van der Waals surface area contributed by atoms with Gasteiger partial charge in [0.15, 0.2) is 0 Å². The van der Waals surface area contributed by atoms with E-state index >= 15 is 0 Å². The minimum Gasteiger partial charge on any atom is -0.488 e. The summed E-state index contributed by atoms with van der Waals surface area (Å²) in [4.78, 5) is 26.2. The van der Waals surface area contributed by atoms with E-state index in [1.165, 1.54) is 0 Å². The van der Waals surface area contributed by atoms with Gasteiger partial charge in [0.1, 0.15) is 23.9 Å². The Hall–Kier alpha value is -3.50. The van der Waals surface area contributed by atoms with Gasteiger partial charge in [-0.3, -0.25) is 9.59 Å². The van der Waals surface area contributed by atoms with Gasteiger partial charge in [-0.15, -0.1) is 0 Å². The Bertz CT molecular complexity index is 1100. The van der Waals surface area contributed by atoms with Crippen LogP contribution in [0.15, 0.2) is 54.6 Å². The van der Waals surface area contributed by atoms with Crippen molar-refractivity contribution in [1.29, 1.82) is 5.26 Å². The number of carbonyl (C=O) groups is 2. The van der Waals surface area contributed by atoms with Gasteiger partial charge in [-0.05, 0) is 48.7 Å². The largest absolute Gasteiger partial charge is 0.488 e. The third-order valence-corrected chi connectivity index (χ3v) is 5.76. The SMILES string of the molecule is N#CC1(NC(=O)[C@@H]2Cc3ccc(c(Cl)c3)OC/C=C/CNc3ccccc3C(=O)N2)CC1. The number of para-hydroxylation sites is 1. The zero-order valence-electron chi connectivity index (χ0n) is 17.4. The van der Waals surface area contributed by atoms with Crippen molar-refractivity contribution in [3.63, 3.8) is 0 Å². The fraction of sp³-hybridized carbons (Fsp3) is 0.292. The van der Waals surface area contributed by atoms with Gasteiger partial charge in [0, 0.05) is 18.7 Å². The lowest BCUT2D eigenvalue weighted by molar-refractivity contribution is -0.123. The van der Waals surface area contributed by atoms with Gasteiger partial charge in [0.25, 0.3) is 5.91 Å². The van der Waals surface area contributed by atoms with Crippen molar-refractivity contribution in [3.8, 4) is 11.8 Å². The summed E-state index contributed by atoms with van der Waals surface area (Å²) in [7, 11) is 0. The molecule has 2 heterocycles. The zero-order chi connectivity index (χ0) is 22.6. The van der Waals surface area contributed by atoms with Crippen molar-refractivity contribution in [2.24, 2.45) is 0 Å². The van der Waals surface area contributed by atoms with E-state index in [2.05, 4.69) is 22.0 Å². The maximum absolute atomic E-state index is 13.1. The monoisotopic (exact) mass is 450 g/mol. The molecule has 2 aliphatic heterocycles. The number of ether oxygens (including phenoxy) is 1. The van der Waals surface area contributed by atoms with Crippen LogP contribution < -0.4 is 20.7 Å². The molecule has 0 aromatic heterocycles. The van der Waals surface area contributed by atoms with Crippen molar-refractivity contribution in [2.45, 2.75) is 30.8 Å². The molecule has 0 unspecified atom stereocenters. The lowest BCUT2D eigenvalue weighted by atomic mass is 10.0. The van der Waals surface area contributed by atoms with Gasteiger partial charge in [0.2, 0.25) is 5.91 Å². The maximum Gasteiger partial charge on any atom is 0.254 e. The predicted octanol–water partition coefficient (Wildman–Crippen LogP) is 3.21. The predicted molar refractivity (Wildman–Crippen MR) is 122 cm³/mol. The summed E-state index contributed by atoms with van der Waals surface area (Å²) in [5.74, 6) is -0.238. The standard InChI is InChI=1S/C24H23ClN4O3/c25-18-13-16-7-8-21(18)32-12-4-3-11-27-19-6-2-1-5-17(19)22(30)28-20(14-16)23(31)29-24(15-26)9-10-24/h1-8,13,20,27H,9-12,14H2,(H,28,30)(H,29,31)/b4-3+/t20-/m0/s1. The molecule has 2 aromatic rings. The molecule has 2 bridgehead atoms. The van der Waals surface area contributed by atoms with Crippen molar-refractivity contribution in [3.05, 3.63) is 70.8 Å². The number of halogens is 1. The minimum absolute atomic E-state index is 0.217. The Labute approximate surface area is 191 Å². The first kappa shape index (κ1) is 21.7. The van der Waals surface area contributed by atoms with E-state index < -0.39 is 17.5 Å². The number of nitriles is 1. The molecule has 8 heteroatoms. The number of hydrogen-bond acceptors (Lipinski definition) is 5. The molecule has 0 saturated heterocycles. The molecule has 5 rings (SSSR count). The number of hydrogen-bond donors (Lipinski definition) is 3. The molecule has 32 heavy (non-hydrogen) atoms. The van der Waals surface area contributed by atoms with Crippen molar-refractivity contribution < 1.29 is 14.3 Å². The molecule has 0 radical (unpaired) electrons. The van der Waals surface area contributed by atoms with E-state index in [-0.39, 0.29) is 12.3 Å². The Balaban J connectivity index is 1.65. The van der Waals surface area contributed by atoms with Gasteiger partial charge in [0.05, 0.1) is 16.7 Å². The maximum atomic E-state index is 13.1. The van der Waals surface area contributed by atoms with Crippen LogP contribution in [0.4, 0.5) is 5.69 Å². The molecule has 2 aromatic carbocycles. The molecule has 3 N–H and O–H groups in total. The molecular weight excluding hydrogens is 428 g/mol. The number of carbonyl (C=O) groups excluding carboxylic acids is 2. The number of nitrogens with one attached hydrogen (secondary N) is 3. The minimum atomic E-state index is -0.878. The molecule has 1 aliphatic carbocycles. The third-order valence-electron chi connectivity index (χ3n) is 5.47. The number of rotatable bonds is 2. The molecule has 7 nitrogen and oxygen atoms in total. The van der Waals surface area contributed by atoms with E-state index in [1.807, 2.05) is 30.4 Å². The van der Waals surface area contributed by atoms with E-state index in [0.29, 0.717) is 48.0 Å². The first-order valence-electron chi connectivity index (χ1n) is 10.4. The molecule has 1 fully saturated rings. The molecule has 1 saturated carbocycles. The van der Waals surface area contributed by atoms with Crippen LogP contribution in [-0.4, -0.2) is 36.5 Å². The van der Waals surface area contributed by atoms with Gasteiger partial charge >= 0.3 is 0 Å². The van der Waals surface area contributed by atoms with Crippen molar-refractivity contribution in [1.82, 2.24) is 10.6 Å². The molecule has 2 amide bonds. The Morgan fingerprint density at radius 1 is 1.22 bits per heavy atom. The summed E-state index contributed by atoms with van der Waals surface area (Å²) < 4.78 is 5.71. The molecule has 0 spiro atoms. The normalized spacial score (nSPS) is 20.5. The quantitative estimate of drug-likeness (QED) is 0.609. The van der Waals surface area contributed by atoms with Crippen LogP contribution in [0.5, 0.6) is 5.75 Å².